The summed E-state index contributed by atoms with van der Waals surface area (Å²) in [6, 6.07) is 2.23. The number of nitrogens with zero attached hydrogens (tertiary/aromatic N) is 1. The fourth-order valence-corrected chi connectivity index (χ4v) is 2.47. The second-order valence-corrected chi connectivity index (χ2v) is 4.60. The zero-order valence-electron chi connectivity index (χ0n) is 8.67. The van der Waals surface area contributed by atoms with Gasteiger partial charge in [0, 0.05) is 0 Å². The van der Waals surface area contributed by atoms with Gasteiger partial charge in [-0.15, -0.1) is 0 Å². The van der Waals surface area contributed by atoms with E-state index >= 15 is 0 Å². The van der Waals surface area contributed by atoms with Gasteiger partial charge in [0.05, 0.1) is 12.7 Å². The first-order chi connectivity index (χ1) is 7.11. The Morgan fingerprint density at radius 2 is 2.00 bits per heavy atom. The second kappa shape index (κ2) is 2.92. The molecule has 0 aromatic carbocycles. The first-order valence-corrected chi connectivity index (χ1v) is 5.13. The average Bonchev–Trinajstić information content (AvgIpc) is 2.70. The van der Waals surface area contributed by atoms with Crippen LogP contribution < -0.4 is 0 Å². The van der Waals surface area contributed by atoms with Crippen LogP contribution in [0, 0.1) is 17.2 Å². The summed E-state index contributed by atoms with van der Waals surface area (Å²) in [4.78, 5) is 0. The van der Waals surface area contributed by atoms with Gasteiger partial charge in [0.25, 0.3) is 0 Å². The predicted octanol–water partition coefficient (Wildman–Crippen LogP) is 0.401. The van der Waals surface area contributed by atoms with Crippen LogP contribution in [-0.2, 0) is 18.9 Å². The third-order valence-electron chi connectivity index (χ3n) is 3.07. The molecule has 3 saturated heterocycles. The molecule has 3 rings (SSSR count). The van der Waals surface area contributed by atoms with E-state index in [0.29, 0.717) is 6.61 Å². The summed E-state index contributed by atoms with van der Waals surface area (Å²) in [6.45, 7) is 4.14. The van der Waals surface area contributed by atoms with Crippen molar-refractivity contribution in [2.24, 2.45) is 5.92 Å². The summed E-state index contributed by atoms with van der Waals surface area (Å²) in [7, 11) is 0. The van der Waals surface area contributed by atoms with Gasteiger partial charge in [-0.1, -0.05) is 0 Å². The van der Waals surface area contributed by atoms with Gasteiger partial charge in [0.1, 0.15) is 24.2 Å². The monoisotopic (exact) mass is 211 g/mol. The highest BCUT2D eigenvalue weighted by atomic mass is 16.8. The van der Waals surface area contributed by atoms with E-state index in [2.05, 4.69) is 6.07 Å². The predicted molar refractivity (Wildman–Crippen MR) is 47.5 cm³/mol. The molecule has 0 aromatic heterocycles. The van der Waals surface area contributed by atoms with E-state index in [1.54, 1.807) is 0 Å². The molecule has 2 bridgehead atoms. The van der Waals surface area contributed by atoms with Crippen molar-refractivity contribution in [2.45, 2.75) is 44.2 Å². The molecule has 3 aliphatic rings. The van der Waals surface area contributed by atoms with Crippen LogP contribution in [-0.4, -0.2) is 37.0 Å². The summed E-state index contributed by atoms with van der Waals surface area (Å²) >= 11 is 0. The lowest BCUT2D eigenvalue weighted by atomic mass is 9.92. The zero-order chi connectivity index (χ0) is 10.6. The number of nitriles is 1. The fraction of sp³-hybridized carbons (Fsp3) is 0.900. The molecule has 0 aromatic rings. The lowest BCUT2D eigenvalue weighted by molar-refractivity contribution is -0.188. The highest BCUT2D eigenvalue weighted by Gasteiger charge is 2.58. The Balaban J connectivity index is 1.92. The van der Waals surface area contributed by atoms with Gasteiger partial charge in [-0.05, 0) is 13.8 Å². The molecule has 82 valence electrons. The van der Waals surface area contributed by atoms with Gasteiger partial charge in [-0.25, -0.2) is 0 Å². The first-order valence-electron chi connectivity index (χ1n) is 5.13. The van der Waals surface area contributed by atoms with Gasteiger partial charge in [-0.3, -0.25) is 0 Å². The van der Waals surface area contributed by atoms with Crippen LogP contribution in [0.15, 0.2) is 0 Å². The Kier molecular flexibility index (Phi) is 1.86. The molecule has 5 heteroatoms. The normalized spacial score (nSPS) is 51.1. The maximum Gasteiger partial charge on any atom is 0.187 e. The standard InChI is InChI=1S/C10H13NO4/c1-10(2)14-7-5(3-11)6-4-12-9(13-6)8(7)15-10/h5-9H,4H2,1-2H3. The van der Waals surface area contributed by atoms with Crippen LogP contribution >= 0.6 is 0 Å². The molecule has 5 unspecified atom stereocenters. The maximum absolute atomic E-state index is 9.11. The lowest BCUT2D eigenvalue weighted by Crippen LogP contribution is -2.48. The van der Waals surface area contributed by atoms with Gasteiger partial charge in [0.2, 0.25) is 0 Å². The second-order valence-electron chi connectivity index (χ2n) is 4.60. The summed E-state index contributed by atoms with van der Waals surface area (Å²) in [5, 5.41) is 9.11. The van der Waals surface area contributed by atoms with E-state index in [1.165, 1.54) is 0 Å². The summed E-state index contributed by atoms with van der Waals surface area (Å²) < 4.78 is 22.4. The molecule has 3 fully saturated rings. The van der Waals surface area contributed by atoms with Crippen LogP contribution in [0.2, 0.25) is 0 Å². The van der Waals surface area contributed by atoms with Gasteiger partial charge >= 0.3 is 0 Å². The first kappa shape index (κ1) is 9.55. The maximum atomic E-state index is 9.11. The Bertz CT molecular complexity index is 324. The number of hydrogen-bond donors (Lipinski definition) is 0. The van der Waals surface area contributed by atoms with Gasteiger partial charge < -0.3 is 18.9 Å². The minimum atomic E-state index is -0.651. The average molecular weight is 211 g/mol. The molecule has 15 heavy (non-hydrogen) atoms. The molecule has 3 heterocycles. The van der Waals surface area contributed by atoms with Crippen LogP contribution in [0.5, 0.6) is 0 Å². The number of hydrogen-bond acceptors (Lipinski definition) is 5. The molecule has 0 saturated carbocycles. The van der Waals surface area contributed by atoms with Crippen molar-refractivity contribution in [3.63, 3.8) is 0 Å². The Labute approximate surface area is 87.9 Å². The van der Waals surface area contributed by atoms with Crippen molar-refractivity contribution in [3.8, 4) is 6.07 Å². The molecule has 0 amide bonds. The molecular formula is C10H13NO4. The van der Waals surface area contributed by atoms with E-state index < -0.39 is 5.79 Å². The molecular weight excluding hydrogens is 198 g/mol. The molecule has 0 radical (unpaired) electrons. The van der Waals surface area contributed by atoms with Crippen LogP contribution in [0.4, 0.5) is 0 Å². The molecule has 0 aliphatic carbocycles. The SMILES string of the molecule is CC1(C)OC2C3OCC(O3)C(C#N)C2O1. The molecule has 0 N–H and O–H groups in total. The summed E-state index contributed by atoms with van der Waals surface area (Å²) in [6.07, 6.45) is -1.04. The number of rotatable bonds is 0. The largest absolute Gasteiger partial charge is 0.347 e. The number of ether oxygens (including phenoxy) is 4. The van der Waals surface area contributed by atoms with E-state index in [4.69, 9.17) is 24.2 Å². The van der Waals surface area contributed by atoms with Gasteiger partial charge in [0.15, 0.2) is 12.1 Å². The van der Waals surface area contributed by atoms with E-state index in [1.807, 2.05) is 13.8 Å². The van der Waals surface area contributed by atoms with Gasteiger partial charge in [-0.2, -0.15) is 5.26 Å². The molecule has 5 nitrogen and oxygen atoms in total. The highest BCUT2D eigenvalue weighted by molar-refractivity contribution is 5.06. The lowest BCUT2D eigenvalue weighted by Gasteiger charge is -2.30. The van der Waals surface area contributed by atoms with Crippen molar-refractivity contribution in [1.82, 2.24) is 0 Å². The van der Waals surface area contributed by atoms with Crippen LogP contribution in [0.25, 0.3) is 0 Å². The quantitative estimate of drug-likeness (QED) is 0.580. The Morgan fingerprint density at radius 1 is 1.27 bits per heavy atom. The molecule has 5 atom stereocenters. The van der Waals surface area contributed by atoms with E-state index in [9.17, 15) is 0 Å². The Morgan fingerprint density at radius 3 is 2.73 bits per heavy atom. The smallest absolute Gasteiger partial charge is 0.187 e. The molecule has 0 spiro atoms. The summed E-state index contributed by atoms with van der Waals surface area (Å²) in [5.74, 6) is -0.947. The van der Waals surface area contributed by atoms with Crippen LogP contribution in [0.1, 0.15) is 13.8 Å². The molecule has 3 aliphatic heterocycles. The highest BCUT2D eigenvalue weighted by Crippen LogP contribution is 2.43. The van der Waals surface area contributed by atoms with Crippen molar-refractivity contribution in [2.75, 3.05) is 6.61 Å². The Hall–Kier alpha value is -0.670. The fourth-order valence-electron chi connectivity index (χ4n) is 2.47. The van der Waals surface area contributed by atoms with Crippen LogP contribution in [0.3, 0.4) is 0 Å². The van der Waals surface area contributed by atoms with E-state index in [-0.39, 0.29) is 30.5 Å². The van der Waals surface area contributed by atoms with Crippen molar-refractivity contribution in [3.05, 3.63) is 0 Å². The zero-order valence-corrected chi connectivity index (χ0v) is 8.67. The third kappa shape index (κ3) is 1.30. The third-order valence-corrected chi connectivity index (χ3v) is 3.07. The topological polar surface area (TPSA) is 60.7 Å². The van der Waals surface area contributed by atoms with E-state index in [0.717, 1.165) is 0 Å². The minimum Gasteiger partial charge on any atom is -0.347 e. The summed E-state index contributed by atoms with van der Waals surface area (Å²) in [5.41, 5.74) is 0. The van der Waals surface area contributed by atoms with Crippen molar-refractivity contribution < 1.29 is 18.9 Å². The van der Waals surface area contributed by atoms with Crippen molar-refractivity contribution in [1.29, 1.82) is 5.26 Å². The minimum absolute atomic E-state index is 0.168. The van der Waals surface area contributed by atoms with Crippen molar-refractivity contribution >= 4 is 0 Å². The number of fused-ring (bicyclic) bond motifs is 4.